The van der Waals surface area contributed by atoms with E-state index < -0.39 is 0 Å². The SMILES string of the molecule is C1CNCC2(C1)CNCOC2. The Morgan fingerprint density at radius 2 is 2.09 bits per heavy atom. The molecule has 3 heteroatoms. The van der Waals surface area contributed by atoms with Crippen molar-refractivity contribution < 1.29 is 4.74 Å². The Kier molecular flexibility index (Phi) is 2.11. The first-order valence-electron chi connectivity index (χ1n) is 4.41. The smallest absolute Gasteiger partial charge is 0.0965 e. The average Bonchev–Trinajstić information content (AvgIpc) is 2.07. The lowest BCUT2D eigenvalue weighted by Gasteiger charge is -2.40. The molecule has 0 radical (unpaired) electrons. The van der Waals surface area contributed by atoms with Gasteiger partial charge < -0.3 is 10.1 Å². The van der Waals surface area contributed by atoms with E-state index in [0.29, 0.717) is 5.41 Å². The molecule has 2 saturated heterocycles. The van der Waals surface area contributed by atoms with Crippen LogP contribution in [-0.4, -0.2) is 33.0 Å². The van der Waals surface area contributed by atoms with Gasteiger partial charge in [0.25, 0.3) is 0 Å². The van der Waals surface area contributed by atoms with Gasteiger partial charge >= 0.3 is 0 Å². The first-order valence-corrected chi connectivity index (χ1v) is 4.41. The highest BCUT2D eigenvalue weighted by Crippen LogP contribution is 2.27. The summed E-state index contributed by atoms with van der Waals surface area (Å²) in [4.78, 5) is 0. The topological polar surface area (TPSA) is 33.3 Å². The molecule has 1 spiro atoms. The second kappa shape index (κ2) is 3.09. The summed E-state index contributed by atoms with van der Waals surface area (Å²) in [6, 6.07) is 0. The zero-order chi connectivity index (χ0) is 7.57. The third-order valence-electron chi connectivity index (χ3n) is 2.67. The van der Waals surface area contributed by atoms with Crippen LogP contribution in [-0.2, 0) is 4.74 Å². The zero-order valence-corrected chi connectivity index (χ0v) is 6.86. The van der Waals surface area contributed by atoms with E-state index in [4.69, 9.17) is 4.74 Å². The molecule has 2 heterocycles. The van der Waals surface area contributed by atoms with E-state index in [9.17, 15) is 0 Å². The summed E-state index contributed by atoms with van der Waals surface area (Å²) in [5.41, 5.74) is 0.413. The van der Waals surface area contributed by atoms with E-state index in [2.05, 4.69) is 10.6 Å². The molecule has 2 aliphatic rings. The number of ether oxygens (including phenoxy) is 1. The Hall–Kier alpha value is -0.120. The molecule has 0 aliphatic carbocycles. The first kappa shape index (κ1) is 7.53. The lowest BCUT2D eigenvalue weighted by Crippen LogP contribution is -2.52. The van der Waals surface area contributed by atoms with Crippen molar-refractivity contribution in [1.82, 2.24) is 10.6 Å². The molecule has 0 aromatic rings. The quantitative estimate of drug-likeness (QED) is 0.515. The molecule has 11 heavy (non-hydrogen) atoms. The van der Waals surface area contributed by atoms with Gasteiger partial charge in [0.15, 0.2) is 0 Å². The maximum Gasteiger partial charge on any atom is 0.0965 e. The summed E-state index contributed by atoms with van der Waals surface area (Å²) in [6.45, 7) is 5.11. The fourth-order valence-corrected chi connectivity index (χ4v) is 2.01. The van der Waals surface area contributed by atoms with E-state index in [1.165, 1.54) is 19.4 Å². The van der Waals surface area contributed by atoms with Crippen molar-refractivity contribution in [2.24, 2.45) is 5.41 Å². The molecule has 0 saturated carbocycles. The zero-order valence-electron chi connectivity index (χ0n) is 6.86. The van der Waals surface area contributed by atoms with E-state index in [1.807, 2.05) is 0 Å². The molecular formula is C8H16N2O. The average molecular weight is 156 g/mol. The van der Waals surface area contributed by atoms with Gasteiger partial charge in [-0.05, 0) is 19.4 Å². The third-order valence-corrected chi connectivity index (χ3v) is 2.67. The van der Waals surface area contributed by atoms with Crippen LogP contribution in [0.1, 0.15) is 12.8 Å². The molecule has 1 atom stereocenters. The van der Waals surface area contributed by atoms with Crippen LogP contribution in [0.4, 0.5) is 0 Å². The molecule has 64 valence electrons. The number of hydrogen-bond donors (Lipinski definition) is 2. The molecule has 0 amide bonds. The van der Waals surface area contributed by atoms with Gasteiger partial charge in [-0.15, -0.1) is 0 Å². The van der Waals surface area contributed by atoms with E-state index in [1.54, 1.807) is 0 Å². The van der Waals surface area contributed by atoms with Crippen LogP contribution in [0, 0.1) is 5.41 Å². The van der Waals surface area contributed by atoms with Crippen molar-refractivity contribution in [3.05, 3.63) is 0 Å². The number of nitrogens with one attached hydrogen (secondary N) is 2. The van der Waals surface area contributed by atoms with Gasteiger partial charge in [-0.25, -0.2) is 0 Å². The molecule has 3 nitrogen and oxygen atoms in total. The van der Waals surface area contributed by atoms with Gasteiger partial charge in [0.05, 0.1) is 13.3 Å². The molecule has 2 N–H and O–H groups in total. The highest BCUT2D eigenvalue weighted by molar-refractivity contribution is 4.88. The lowest BCUT2D eigenvalue weighted by atomic mass is 9.81. The Bertz CT molecular complexity index is 107. The van der Waals surface area contributed by atoms with Gasteiger partial charge in [-0.1, -0.05) is 0 Å². The molecular weight excluding hydrogens is 140 g/mol. The molecule has 0 aromatic heterocycles. The maximum atomic E-state index is 5.41. The van der Waals surface area contributed by atoms with Gasteiger partial charge in [-0.3, -0.25) is 5.32 Å². The number of hydrogen-bond acceptors (Lipinski definition) is 3. The minimum absolute atomic E-state index is 0.413. The van der Waals surface area contributed by atoms with Crippen LogP contribution in [0.25, 0.3) is 0 Å². The fraction of sp³-hybridized carbons (Fsp3) is 1.00. The van der Waals surface area contributed by atoms with Crippen molar-refractivity contribution >= 4 is 0 Å². The minimum atomic E-state index is 0.413. The Morgan fingerprint density at radius 3 is 2.73 bits per heavy atom. The van der Waals surface area contributed by atoms with Gasteiger partial charge in [0, 0.05) is 18.5 Å². The highest BCUT2D eigenvalue weighted by Gasteiger charge is 2.33. The normalized spacial score (nSPS) is 39.3. The summed E-state index contributed by atoms with van der Waals surface area (Å²) < 4.78 is 5.41. The largest absolute Gasteiger partial charge is 0.366 e. The van der Waals surface area contributed by atoms with Gasteiger partial charge in [0.1, 0.15) is 0 Å². The molecule has 2 fully saturated rings. The summed E-state index contributed by atoms with van der Waals surface area (Å²) in [5, 5.41) is 6.71. The number of rotatable bonds is 0. The van der Waals surface area contributed by atoms with Crippen molar-refractivity contribution in [3.8, 4) is 0 Å². The second-order valence-corrected chi connectivity index (χ2v) is 3.70. The fourth-order valence-electron chi connectivity index (χ4n) is 2.01. The van der Waals surface area contributed by atoms with Crippen LogP contribution in [0.3, 0.4) is 0 Å². The molecule has 0 bridgehead atoms. The minimum Gasteiger partial charge on any atom is -0.366 e. The van der Waals surface area contributed by atoms with Crippen molar-refractivity contribution in [2.75, 3.05) is 33.0 Å². The Morgan fingerprint density at radius 1 is 1.18 bits per heavy atom. The van der Waals surface area contributed by atoms with Crippen molar-refractivity contribution in [2.45, 2.75) is 12.8 Å². The first-order chi connectivity index (χ1) is 5.41. The summed E-state index contributed by atoms with van der Waals surface area (Å²) >= 11 is 0. The lowest BCUT2D eigenvalue weighted by molar-refractivity contribution is -0.0230. The third kappa shape index (κ3) is 1.55. The Balaban J connectivity index is 1.94. The monoisotopic (exact) mass is 156 g/mol. The molecule has 1 unspecified atom stereocenters. The summed E-state index contributed by atoms with van der Waals surface area (Å²) in [5.74, 6) is 0. The van der Waals surface area contributed by atoms with Crippen LogP contribution in [0.15, 0.2) is 0 Å². The summed E-state index contributed by atoms with van der Waals surface area (Å²) in [6.07, 6.45) is 2.61. The van der Waals surface area contributed by atoms with Crippen molar-refractivity contribution in [1.29, 1.82) is 0 Å². The number of piperidine rings is 1. The molecule has 2 rings (SSSR count). The van der Waals surface area contributed by atoms with Gasteiger partial charge in [-0.2, -0.15) is 0 Å². The Labute approximate surface area is 67.5 Å². The predicted octanol–water partition coefficient (Wildman–Crippen LogP) is -0.0665. The van der Waals surface area contributed by atoms with Crippen LogP contribution >= 0.6 is 0 Å². The standard InChI is InChI=1S/C8H16N2O/c1-2-8(4-9-3-1)5-10-7-11-6-8/h9-10H,1-7H2. The molecule has 2 aliphatic heterocycles. The van der Waals surface area contributed by atoms with Crippen LogP contribution in [0.2, 0.25) is 0 Å². The van der Waals surface area contributed by atoms with E-state index in [0.717, 1.165) is 26.4 Å². The van der Waals surface area contributed by atoms with E-state index in [-0.39, 0.29) is 0 Å². The van der Waals surface area contributed by atoms with E-state index >= 15 is 0 Å². The second-order valence-electron chi connectivity index (χ2n) is 3.70. The predicted molar refractivity (Wildman–Crippen MR) is 43.4 cm³/mol. The summed E-state index contributed by atoms with van der Waals surface area (Å²) in [7, 11) is 0. The van der Waals surface area contributed by atoms with Gasteiger partial charge in [0.2, 0.25) is 0 Å². The molecule has 0 aromatic carbocycles. The van der Waals surface area contributed by atoms with Crippen LogP contribution < -0.4 is 10.6 Å². The van der Waals surface area contributed by atoms with Crippen LogP contribution in [0.5, 0.6) is 0 Å². The maximum absolute atomic E-state index is 5.41. The highest BCUT2D eigenvalue weighted by atomic mass is 16.5. The van der Waals surface area contributed by atoms with Crippen molar-refractivity contribution in [3.63, 3.8) is 0 Å².